The minimum atomic E-state index is -0.449. The van der Waals surface area contributed by atoms with Crippen LogP contribution in [-0.4, -0.2) is 24.0 Å². The molecule has 94 valence electrons. The van der Waals surface area contributed by atoms with E-state index in [1.165, 1.54) is 0 Å². The van der Waals surface area contributed by atoms with Gasteiger partial charge < -0.3 is 11.1 Å². The maximum absolute atomic E-state index is 11.8. The number of nitrogens with one attached hydrogen (secondary N) is 1. The molecule has 0 saturated carbocycles. The van der Waals surface area contributed by atoms with Gasteiger partial charge in [-0.2, -0.15) is 11.8 Å². The first-order valence-electron chi connectivity index (χ1n) is 5.36. The second-order valence-electron chi connectivity index (χ2n) is 3.86. The molecule has 1 aromatic rings. The van der Waals surface area contributed by atoms with Crippen LogP contribution in [0.4, 0.5) is 5.69 Å². The van der Waals surface area contributed by atoms with Gasteiger partial charge in [0, 0.05) is 4.47 Å². The highest BCUT2D eigenvalue weighted by Crippen LogP contribution is 2.23. The van der Waals surface area contributed by atoms with Gasteiger partial charge in [-0.15, -0.1) is 0 Å². The van der Waals surface area contributed by atoms with Crippen LogP contribution in [0.25, 0.3) is 0 Å². The molecule has 1 aromatic carbocycles. The third-order valence-electron chi connectivity index (χ3n) is 2.35. The fourth-order valence-electron chi connectivity index (χ4n) is 1.34. The molecule has 5 heteroatoms. The number of rotatable bonds is 5. The largest absolute Gasteiger partial charge is 0.324 e. The number of hydrogen-bond donors (Lipinski definition) is 2. The van der Waals surface area contributed by atoms with Gasteiger partial charge >= 0.3 is 0 Å². The number of amides is 1. The zero-order valence-electron chi connectivity index (χ0n) is 10.00. The number of hydrogen-bond acceptors (Lipinski definition) is 3. The first-order chi connectivity index (χ1) is 8.04. The van der Waals surface area contributed by atoms with E-state index in [-0.39, 0.29) is 5.91 Å². The molecular formula is C12H17BrN2OS. The van der Waals surface area contributed by atoms with E-state index in [9.17, 15) is 4.79 Å². The molecule has 3 nitrogen and oxygen atoms in total. The molecule has 1 rings (SSSR count). The molecule has 0 aliphatic heterocycles. The third-order valence-corrected chi connectivity index (χ3v) is 3.68. The van der Waals surface area contributed by atoms with Crippen molar-refractivity contribution < 1.29 is 4.79 Å². The van der Waals surface area contributed by atoms with Gasteiger partial charge in [0.25, 0.3) is 0 Å². The Morgan fingerprint density at radius 1 is 1.59 bits per heavy atom. The highest BCUT2D eigenvalue weighted by molar-refractivity contribution is 9.10. The second-order valence-corrected chi connectivity index (χ2v) is 5.70. The van der Waals surface area contributed by atoms with Gasteiger partial charge in [0.2, 0.25) is 5.91 Å². The summed E-state index contributed by atoms with van der Waals surface area (Å²) in [4.78, 5) is 11.8. The molecule has 0 aliphatic carbocycles. The van der Waals surface area contributed by atoms with Crippen LogP contribution in [0, 0.1) is 6.92 Å². The Labute approximate surface area is 115 Å². The SMILES string of the molecule is CSCC[C@H](N)C(=O)Nc1cc(C)ccc1Br. The molecule has 0 aromatic heterocycles. The molecule has 0 bridgehead atoms. The highest BCUT2D eigenvalue weighted by Gasteiger charge is 2.14. The van der Waals surface area contributed by atoms with Crippen LogP contribution in [-0.2, 0) is 4.79 Å². The lowest BCUT2D eigenvalue weighted by molar-refractivity contribution is -0.117. The van der Waals surface area contributed by atoms with Gasteiger partial charge in [0.15, 0.2) is 0 Å². The molecule has 3 N–H and O–H groups in total. The number of carbonyl (C=O) groups excluding carboxylic acids is 1. The van der Waals surface area contributed by atoms with Crippen LogP contribution in [0.2, 0.25) is 0 Å². The highest BCUT2D eigenvalue weighted by atomic mass is 79.9. The van der Waals surface area contributed by atoms with Crippen LogP contribution < -0.4 is 11.1 Å². The van der Waals surface area contributed by atoms with Gasteiger partial charge in [-0.05, 0) is 59.0 Å². The van der Waals surface area contributed by atoms with Crippen molar-refractivity contribution in [3.05, 3.63) is 28.2 Å². The maximum Gasteiger partial charge on any atom is 0.241 e. The summed E-state index contributed by atoms with van der Waals surface area (Å²) in [5.74, 6) is 0.758. The number of nitrogens with two attached hydrogens (primary N) is 1. The normalized spacial score (nSPS) is 12.2. The standard InChI is InChI=1S/C12H17BrN2OS/c1-8-3-4-9(13)11(7-8)15-12(16)10(14)5-6-17-2/h3-4,7,10H,5-6,14H2,1-2H3,(H,15,16)/t10-/m0/s1. The number of benzene rings is 1. The maximum atomic E-state index is 11.8. The number of carbonyl (C=O) groups is 1. The Hall–Kier alpha value is -0.520. The Morgan fingerprint density at radius 2 is 2.29 bits per heavy atom. The van der Waals surface area contributed by atoms with E-state index in [1.807, 2.05) is 31.4 Å². The van der Waals surface area contributed by atoms with Gasteiger partial charge in [-0.1, -0.05) is 6.07 Å². The summed E-state index contributed by atoms with van der Waals surface area (Å²) in [6.45, 7) is 1.98. The summed E-state index contributed by atoms with van der Waals surface area (Å²) in [5.41, 5.74) is 7.67. The van der Waals surface area contributed by atoms with Gasteiger partial charge in [0.05, 0.1) is 11.7 Å². The zero-order chi connectivity index (χ0) is 12.8. The monoisotopic (exact) mass is 316 g/mol. The fourth-order valence-corrected chi connectivity index (χ4v) is 2.17. The summed E-state index contributed by atoms with van der Waals surface area (Å²) >= 11 is 5.09. The van der Waals surface area contributed by atoms with E-state index in [0.29, 0.717) is 6.42 Å². The van der Waals surface area contributed by atoms with Crippen LogP contribution >= 0.6 is 27.7 Å². The molecule has 0 fully saturated rings. The summed E-state index contributed by atoms with van der Waals surface area (Å²) in [6.07, 6.45) is 2.69. The van der Waals surface area contributed by atoms with Crippen molar-refractivity contribution >= 4 is 39.3 Å². The lowest BCUT2D eigenvalue weighted by Gasteiger charge is -2.13. The molecule has 1 atom stereocenters. The quantitative estimate of drug-likeness (QED) is 0.878. The predicted octanol–water partition coefficient (Wildman–Crippen LogP) is 2.78. The van der Waals surface area contributed by atoms with Crippen molar-refractivity contribution in [2.75, 3.05) is 17.3 Å². The van der Waals surface area contributed by atoms with Crippen molar-refractivity contribution in [3.63, 3.8) is 0 Å². The van der Waals surface area contributed by atoms with Gasteiger partial charge in [-0.3, -0.25) is 4.79 Å². The number of aryl methyl sites for hydroxylation is 1. The Bertz CT molecular complexity index is 398. The minimum absolute atomic E-state index is 0.134. The molecule has 0 radical (unpaired) electrons. The summed E-state index contributed by atoms with van der Waals surface area (Å²) in [7, 11) is 0. The van der Waals surface area contributed by atoms with Crippen molar-refractivity contribution in [2.24, 2.45) is 5.73 Å². The number of anilines is 1. The average molecular weight is 317 g/mol. The summed E-state index contributed by atoms with van der Waals surface area (Å²) in [5, 5.41) is 2.84. The van der Waals surface area contributed by atoms with E-state index in [4.69, 9.17) is 5.73 Å². The predicted molar refractivity (Wildman–Crippen MR) is 78.5 cm³/mol. The number of thioether (sulfide) groups is 1. The van der Waals surface area contributed by atoms with Crippen LogP contribution in [0.3, 0.4) is 0 Å². The molecule has 17 heavy (non-hydrogen) atoms. The molecule has 0 saturated heterocycles. The summed E-state index contributed by atoms with van der Waals surface area (Å²) < 4.78 is 0.869. The smallest absolute Gasteiger partial charge is 0.241 e. The van der Waals surface area contributed by atoms with Gasteiger partial charge in [-0.25, -0.2) is 0 Å². The van der Waals surface area contributed by atoms with E-state index >= 15 is 0 Å². The lowest BCUT2D eigenvalue weighted by atomic mass is 10.2. The van der Waals surface area contributed by atoms with E-state index < -0.39 is 6.04 Å². The van der Waals surface area contributed by atoms with Crippen LogP contribution in [0.15, 0.2) is 22.7 Å². The van der Waals surface area contributed by atoms with E-state index in [0.717, 1.165) is 21.5 Å². The Balaban J connectivity index is 2.64. The van der Waals surface area contributed by atoms with Crippen molar-refractivity contribution in [2.45, 2.75) is 19.4 Å². The summed E-state index contributed by atoms with van der Waals surface area (Å²) in [6, 6.07) is 5.37. The van der Waals surface area contributed by atoms with E-state index in [1.54, 1.807) is 11.8 Å². The van der Waals surface area contributed by atoms with Crippen molar-refractivity contribution in [1.82, 2.24) is 0 Å². The molecule has 0 spiro atoms. The van der Waals surface area contributed by atoms with Crippen LogP contribution in [0.1, 0.15) is 12.0 Å². The Morgan fingerprint density at radius 3 is 2.94 bits per heavy atom. The third kappa shape index (κ3) is 4.69. The zero-order valence-corrected chi connectivity index (χ0v) is 12.4. The average Bonchev–Trinajstić information content (AvgIpc) is 2.30. The first-order valence-corrected chi connectivity index (χ1v) is 7.55. The van der Waals surface area contributed by atoms with Crippen LogP contribution in [0.5, 0.6) is 0 Å². The minimum Gasteiger partial charge on any atom is -0.324 e. The van der Waals surface area contributed by atoms with Gasteiger partial charge in [0.1, 0.15) is 0 Å². The first kappa shape index (κ1) is 14.5. The van der Waals surface area contributed by atoms with E-state index in [2.05, 4.69) is 21.2 Å². The number of halogens is 1. The molecule has 1 amide bonds. The topological polar surface area (TPSA) is 55.1 Å². The molecule has 0 aliphatic rings. The van der Waals surface area contributed by atoms with Crippen molar-refractivity contribution in [1.29, 1.82) is 0 Å². The second kappa shape index (κ2) is 7.03. The molecular weight excluding hydrogens is 300 g/mol. The Kier molecular flexibility index (Phi) is 6.02. The molecule has 0 unspecified atom stereocenters. The lowest BCUT2D eigenvalue weighted by Crippen LogP contribution is -2.36. The van der Waals surface area contributed by atoms with Crippen molar-refractivity contribution in [3.8, 4) is 0 Å². The fraction of sp³-hybridized carbons (Fsp3) is 0.417. The molecule has 0 heterocycles.